The average molecular weight is 712 g/mol. The van der Waals surface area contributed by atoms with Gasteiger partial charge in [-0.2, -0.15) is 52.7 Å². The molecule has 0 atom stereocenters. The SMILES string of the molecule is Cc1ccc(N2C(=O)c3ccc(C(c4ccc5c(c4)C(=O)N(C)C5=O)(C(F)(F)F)C(F)(F)F)cc3C2=O)cc1C(O)(C(F)(F)F)C(F)(F)F. The lowest BCUT2D eigenvalue weighted by atomic mass is 9.71. The van der Waals surface area contributed by atoms with Gasteiger partial charge >= 0.3 is 24.7 Å². The van der Waals surface area contributed by atoms with E-state index in [0.717, 1.165) is 14.0 Å². The van der Waals surface area contributed by atoms with Crippen molar-refractivity contribution in [2.24, 2.45) is 0 Å². The van der Waals surface area contributed by atoms with E-state index in [0.29, 0.717) is 35.2 Å². The number of rotatable bonds is 4. The number of aryl methyl sites for hydroxylation is 1. The molecule has 3 aromatic rings. The standard InChI is InChI=1S/C30H16F12N2O5/c1-12-3-6-15(11-20(12)26(49,29(37,38)39)30(40,41)42)44-23(47)17-8-5-14(10-19(17)24(44)48)25(27(31,32)33,28(34,35)36)13-4-7-16-18(9-13)22(46)43(2)21(16)45/h3-11,49H,1-2H3. The van der Waals surface area contributed by atoms with Crippen LogP contribution in [0.3, 0.4) is 0 Å². The van der Waals surface area contributed by atoms with Gasteiger partial charge in [-0.25, -0.2) is 4.90 Å². The number of amides is 4. The normalized spacial score (nSPS) is 16.1. The molecule has 4 amide bonds. The maximum absolute atomic E-state index is 14.8. The molecule has 0 aliphatic carbocycles. The van der Waals surface area contributed by atoms with Crippen LogP contribution < -0.4 is 4.90 Å². The molecular weight excluding hydrogens is 696 g/mol. The minimum absolute atomic E-state index is 0.00546. The summed E-state index contributed by atoms with van der Waals surface area (Å²) in [5, 5.41) is 9.91. The highest BCUT2D eigenvalue weighted by Gasteiger charge is 2.73. The van der Waals surface area contributed by atoms with Crippen molar-refractivity contribution in [3.63, 3.8) is 0 Å². The largest absolute Gasteiger partial charge is 0.430 e. The van der Waals surface area contributed by atoms with E-state index in [1.807, 2.05) is 0 Å². The van der Waals surface area contributed by atoms with E-state index in [4.69, 9.17) is 0 Å². The molecule has 7 nitrogen and oxygen atoms in total. The Kier molecular flexibility index (Phi) is 7.60. The zero-order valence-electron chi connectivity index (χ0n) is 24.2. The highest BCUT2D eigenvalue weighted by molar-refractivity contribution is 6.34. The number of imide groups is 2. The van der Waals surface area contributed by atoms with E-state index in [1.54, 1.807) is 0 Å². The summed E-state index contributed by atoms with van der Waals surface area (Å²) >= 11 is 0. The molecule has 3 aromatic carbocycles. The van der Waals surface area contributed by atoms with Crippen molar-refractivity contribution in [2.45, 2.75) is 42.6 Å². The molecular formula is C30H16F12N2O5. The van der Waals surface area contributed by atoms with Crippen LogP contribution in [0.4, 0.5) is 58.4 Å². The van der Waals surface area contributed by atoms with Gasteiger partial charge in [-0.05, 0) is 60.0 Å². The Morgan fingerprint density at radius 3 is 1.39 bits per heavy atom. The summed E-state index contributed by atoms with van der Waals surface area (Å²) in [6, 6.07) is 2.92. The van der Waals surface area contributed by atoms with E-state index in [-0.39, 0.29) is 29.2 Å². The Balaban J connectivity index is 1.70. The van der Waals surface area contributed by atoms with Gasteiger partial charge in [0.05, 0.1) is 27.9 Å². The maximum atomic E-state index is 14.8. The summed E-state index contributed by atoms with van der Waals surface area (Å²) in [6.45, 7) is 0.727. The van der Waals surface area contributed by atoms with Crippen LogP contribution in [0.5, 0.6) is 0 Å². The van der Waals surface area contributed by atoms with E-state index >= 15 is 0 Å². The maximum Gasteiger partial charge on any atom is 0.430 e. The van der Waals surface area contributed by atoms with Crippen molar-refractivity contribution in [3.8, 4) is 0 Å². The van der Waals surface area contributed by atoms with Crippen LogP contribution in [0.15, 0.2) is 54.6 Å². The number of alkyl halides is 12. The molecule has 19 heteroatoms. The molecule has 0 saturated carbocycles. The average Bonchev–Trinajstić information content (AvgIpc) is 3.34. The van der Waals surface area contributed by atoms with E-state index in [2.05, 4.69) is 0 Å². The Hall–Kier alpha value is -4.94. The lowest BCUT2D eigenvalue weighted by Crippen LogP contribution is -2.55. The fourth-order valence-electron chi connectivity index (χ4n) is 5.89. The summed E-state index contributed by atoms with van der Waals surface area (Å²) in [5.41, 5.74) is -20.9. The van der Waals surface area contributed by atoms with Crippen LogP contribution in [0.25, 0.3) is 0 Å². The molecule has 260 valence electrons. The molecule has 0 spiro atoms. The third kappa shape index (κ3) is 4.72. The van der Waals surface area contributed by atoms with Crippen LogP contribution in [0.1, 0.15) is 63.7 Å². The van der Waals surface area contributed by atoms with Gasteiger partial charge in [-0.1, -0.05) is 18.2 Å². The van der Waals surface area contributed by atoms with Crippen molar-refractivity contribution >= 4 is 29.3 Å². The summed E-state index contributed by atoms with van der Waals surface area (Å²) in [7, 11) is 0.934. The predicted molar refractivity (Wildman–Crippen MR) is 141 cm³/mol. The number of halogens is 12. The summed E-state index contributed by atoms with van der Waals surface area (Å²) in [4.78, 5) is 51.6. The molecule has 0 fully saturated rings. The minimum atomic E-state index is -6.39. The number of hydrogen-bond acceptors (Lipinski definition) is 5. The van der Waals surface area contributed by atoms with Gasteiger partial charge in [0, 0.05) is 12.6 Å². The molecule has 5 rings (SSSR count). The number of aliphatic hydroxyl groups is 1. The summed E-state index contributed by atoms with van der Waals surface area (Å²) in [5.74, 6) is -5.50. The van der Waals surface area contributed by atoms with Crippen LogP contribution in [0, 0.1) is 6.92 Å². The Morgan fingerprint density at radius 2 is 0.939 bits per heavy atom. The fraction of sp³-hybridized carbons (Fsp3) is 0.267. The molecule has 0 aromatic heterocycles. The van der Waals surface area contributed by atoms with Crippen molar-refractivity contribution in [1.82, 2.24) is 4.90 Å². The van der Waals surface area contributed by atoms with Crippen LogP contribution in [0.2, 0.25) is 0 Å². The third-order valence-electron chi connectivity index (χ3n) is 8.38. The highest BCUT2D eigenvalue weighted by Crippen LogP contribution is 2.57. The van der Waals surface area contributed by atoms with E-state index < -0.39 is 110 Å². The Morgan fingerprint density at radius 1 is 0.531 bits per heavy atom. The zero-order chi connectivity index (χ0) is 37.0. The van der Waals surface area contributed by atoms with Crippen molar-refractivity contribution in [2.75, 3.05) is 11.9 Å². The molecule has 0 bridgehead atoms. The van der Waals surface area contributed by atoms with Gasteiger partial charge in [0.25, 0.3) is 29.2 Å². The zero-order valence-corrected chi connectivity index (χ0v) is 24.2. The smallest absolute Gasteiger partial charge is 0.369 e. The lowest BCUT2D eigenvalue weighted by Gasteiger charge is -2.38. The topological polar surface area (TPSA) is 95.0 Å². The minimum Gasteiger partial charge on any atom is -0.369 e. The number of fused-ring (bicyclic) bond motifs is 2. The van der Waals surface area contributed by atoms with Gasteiger partial charge in [-0.3, -0.25) is 24.1 Å². The second-order valence-corrected chi connectivity index (χ2v) is 11.1. The predicted octanol–water partition coefficient (Wildman–Crippen LogP) is 6.74. The van der Waals surface area contributed by atoms with Gasteiger partial charge < -0.3 is 5.11 Å². The monoisotopic (exact) mass is 712 g/mol. The van der Waals surface area contributed by atoms with Crippen molar-refractivity contribution in [3.05, 3.63) is 99.1 Å². The molecule has 2 aliphatic rings. The first-order valence-corrected chi connectivity index (χ1v) is 13.3. The number of benzene rings is 3. The molecule has 2 heterocycles. The van der Waals surface area contributed by atoms with E-state index in [1.165, 1.54) is 0 Å². The quantitative estimate of drug-likeness (QED) is 0.239. The van der Waals surface area contributed by atoms with E-state index in [9.17, 15) is 77.0 Å². The van der Waals surface area contributed by atoms with Gasteiger partial charge in [0.2, 0.25) is 5.41 Å². The lowest BCUT2D eigenvalue weighted by molar-refractivity contribution is -0.376. The Bertz CT molecular complexity index is 1930. The van der Waals surface area contributed by atoms with Gasteiger partial charge in [0.1, 0.15) is 0 Å². The molecule has 0 radical (unpaired) electrons. The molecule has 1 N–H and O–H groups in total. The fourth-order valence-corrected chi connectivity index (χ4v) is 5.89. The second kappa shape index (κ2) is 10.5. The number of carbonyl (C=O) groups is 4. The van der Waals surface area contributed by atoms with Crippen LogP contribution in [-0.4, -0.2) is 65.4 Å². The first-order chi connectivity index (χ1) is 22.2. The van der Waals surface area contributed by atoms with Crippen molar-refractivity contribution < 1.29 is 77.0 Å². The number of nitrogens with zero attached hydrogens (tertiary/aromatic N) is 2. The number of hydrogen-bond donors (Lipinski definition) is 1. The molecule has 49 heavy (non-hydrogen) atoms. The first kappa shape index (κ1) is 35.4. The highest BCUT2D eigenvalue weighted by atomic mass is 19.4. The number of anilines is 1. The summed E-state index contributed by atoms with van der Waals surface area (Å²) in [6.07, 6.45) is -25.4. The van der Waals surface area contributed by atoms with Gasteiger partial charge in [0.15, 0.2) is 0 Å². The second-order valence-electron chi connectivity index (χ2n) is 11.1. The summed E-state index contributed by atoms with van der Waals surface area (Å²) < 4.78 is 171. The van der Waals surface area contributed by atoms with Crippen molar-refractivity contribution in [1.29, 1.82) is 0 Å². The Labute approximate surface area is 265 Å². The molecule has 2 aliphatic heterocycles. The third-order valence-corrected chi connectivity index (χ3v) is 8.38. The molecule has 0 unspecified atom stereocenters. The van der Waals surface area contributed by atoms with Crippen LogP contribution >= 0.6 is 0 Å². The number of carbonyl (C=O) groups excluding carboxylic acids is 4. The molecule has 0 saturated heterocycles. The first-order valence-electron chi connectivity index (χ1n) is 13.3. The van der Waals surface area contributed by atoms with Gasteiger partial charge in [-0.15, -0.1) is 0 Å². The van der Waals surface area contributed by atoms with Crippen LogP contribution in [-0.2, 0) is 11.0 Å².